The number of carboxylic acids is 1. The fourth-order valence-corrected chi connectivity index (χ4v) is 1.30. The molecule has 0 amide bonds. The third-order valence-corrected chi connectivity index (χ3v) is 2.55. The van der Waals surface area contributed by atoms with Crippen LogP contribution in [0.25, 0.3) is 0 Å². The van der Waals surface area contributed by atoms with Crippen LogP contribution >= 0.6 is 0 Å². The number of benzene rings is 1. The fraction of sp³-hybridized carbons (Fsp3) is 0.364. The van der Waals surface area contributed by atoms with Crippen LogP contribution in [0.1, 0.15) is 19.4 Å². The topological polar surface area (TPSA) is 37.3 Å². The zero-order valence-corrected chi connectivity index (χ0v) is 8.50. The summed E-state index contributed by atoms with van der Waals surface area (Å²) in [5.74, 6) is -5.88. The molecule has 2 nitrogen and oxygen atoms in total. The third-order valence-electron chi connectivity index (χ3n) is 2.55. The van der Waals surface area contributed by atoms with E-state index in [1.807, 2.05) is 0 Å². The van der Waals surface area contributed by atoms with Crippen LogP contribution in [0.4, 0.5) is 8.78 Å². The van der Waals surface area contributed by atoms with Crippen LogP contribution in [-0.2, 0) is 10.2 Å². The predicted molar refractivity (Wildman–Crippen MR) is 52.1 cm³/mol. The van der Waals surface area contributed by atoms with E-state index in [0.717, 1.165) is 0 Å². The molecule has 1 N–H and O–H groups in total. The first-order chi connectivity index (χ1) is 6.80. The Bertz CT molecular complexity index is 358. The zero-order valence-electron chi connectivity index (χ0n) is 8.50. The van der Waals surface area contributed by atoms with Gasteiger partial charge < -0.3 is 5.11 Å². The van der Waals surface area contributed by atoms with Crippen molar-refractivity contribution in [1.82, 2.24) is 0 Å². The molecule has 0 aliphatic carbocycles. The van der Waals surface area contributed by atoms with Crippen LogP contribution < -0.4 is 0 Å². The Labute approximate surface area is 86.5 Å². The quantitative estimate of drug-likeness (QED) is 0.839. The van der Waals surface area contributed by atoms with Crippen LogP contribution in [0.3, 0.4) is 0 Å². The van der Waals surface area contributed by atoms with Gasteiger partial charge in [-0.05, 0) is 19.4 Å². The number of rotatable bonds is 3. The summed E-state index contributed by atoms with van der Waals surface area (Å²) in [6.07, 6.45) is 0. The van der Waals surface area contributed by atoms with Crippen LogP contribution in [0.15, 0.2) is 30.3 Å². The molecule has 0 saturated heterocycles. The average molecular weight is 214 g/mol. The van der Waals surface area contributed by atoms with Gasteiger partial charge in [-0.3, -0.25) is 0 Å². The molecule has 0 aromatic heterocycles. The van der Waals surface area contributed by atoms with Crippen LogP contribution in [0.5, 0.6) is 0 Å². The van der Waals surface area contributed by atoms with Gasteiger partial charge in [-0.1, -0.05) is 30.3 Å². The van der Waals surface area contributed by atoms with E-state index in [1.165, 1.54) is 26.0 Å². The van der Waals surface area contributed by atoms with Gasteiger partial charge in [0.1, 0.15) is 0 Å². The lowest BCUT2D eigenvalue weighted by molar-refractivity contribution is -0.174. The monoisotopic (exact) mass is 214 g/mol. The third kappa shape index (κ3) is 1.84. The average Bonchev–Trinajstić information content (AvgIpc) is 2.18. The molecule has 0 aliphatic rings. The van der Waals surface area contributed by atoms with Crippen molar-refractivity contribution in [2.45, 2.75) is 25.2 Å². The van der Waals surface area contributed by atoms with Crippen molar-refractivity contribution in [2.75, 3.05) is 0 Å². The second kappa shape index (κ2) is 3.61. The van der Waals surface area contributed by atoms with Gasteiger partial charge in [-0.2, -0.15) is 8.78 Å². The first-order valence-corrected chi connectivity index (χ1v) is 4.47. The largest absolute Gasteiger partial charge is 0.477 e. The number of hydrogen-bond acceptors (Lipinski definition) is 1. The maximum atomic E-state index is 13.4. The molecule has 4 heteroatoms. The van der Waals surface area contributed by atoms with Crippen molar-refractivity contribution in [1.29, 1.82) is 0 Å². The summed E-state index contributed by atoms with van der Waals surface area (Å²) in [6, 6.07) is 7.90. The fourth-order valence-electron chi connectivity index (χ4n) is 1.30. The highest BCUT2D eigenvalue weighted by molar-refractivity contribution is 5.77. The summed E-state index contributed by atoms with van der Waals surface area (Å²) in [4.78, 5) is 10.5. The molecule has 0 radical (unpaired) electrons. The molecule has 0 fully saturated rings. The van der Waals surface area contributed by atoms with Gasteiger partial charge in [0.25, 0.3) is 0 Å². The summed E-state index contributed by atoms with van der Waals surface area (Å²) < 4.78 is 26.8. The highest BCUT2D eigenvalue weighted by atomic mass is 19.3. The van der Waals surface area contributed by atoms with Gasteiger partial charge in [0.15, 0.2) is 0 Å². The molecule has 0 heterocycles. The molecule has 1 rings (SSSR count). The Balaban J connectivity index is 3.19. The lowest BCUT2D eigenvalue weighted by Gasteiger charge is -2.31. The van der Waals surface area contributed by atoms with Gasteiger partial charge >= 0.3 is 11.9 Å². The number of alkyl halides is 2. The van der Waals surface area contributed by atoms with Crippen molar-refractivity contribution in [3.05, 3.63) is 35.9 Å². The van der Waals surface area contributed by atoms with E-state index in [0.29, 0.717) is 5.56 Å². The summed E-state index contributed by atoms with van der Waals surface area (Å²) in [5, 5.41) is 8.49. The van der Waals surface area contributed by atoms with Crippen LogP contribution in [-0.4, -0.2) is 17.0 Å². The number of aliphatic carboxylic acids is 1. The highest BCUT2D eigenvalue weighted by Gasteiger charge is 2.54. The van der Waals surface area contributed by atoms with Gasteiger partial charge in [0.2, 0.25) is 0 Å². The Morgan fingerprint density at radius 1 is 1.20 bits per heavy atom. The van der Waals surface area contributed by atoms with E-state index < -0.39 is 17.3 Å². The number of carbonyl (C=O) groups is 1. The van der Waals surface area contributed by atoms with Gasteiger partial charge in [0.05, 0.1) is 5.41 Å². The minimum Gasteiger partial charge on any atom is -0.477 e. The van der Waals surface area contributed by atoms with Crippen molar-refractivity contribution in [3.63, 3.8) is 0 Å². The van der Waals surface area contributed by atoms with Crippen LogP contribution in [0, 0.1) is 0 Å². The van der Waals surface area contributed by atoms with Gasteiger partial charge in [0, 0.05) is 0 Å². The van der Waals surface area contributed by atoms with E-state index in [2.05, 4.69) is 0 Å². The zero-order chi connectivity index (χ0) is 11.7. The SMILES string of the molecule is CC(C)(c1ccccc1)C(F)(F)C(=O)O. The highest BCUT2D eigenvalue weighted by Crippen LogP contribution is 2.39. The lowest BCUT2D eigenvalue weighted by atomic mass is 9.78. The molecule has 0 aliphatic heterocycles. The first kappa shape index (κ1) is 11.6. The molecule has 1 aromatic carbocycles. The molecule has 0 spiro atoms. The molecule has 0 saturated carbocycles. The summed E-state index contributed by atoms with van der Waals surface area (Å²) in [5.41, 5.74) is -1.42. The molecular formula is C11H12F2O2. The Morgan fingerprint density at radius 3 is 2.07 bits per heavy atom. The number of hydrogen-bond donors (Lipinski definition) is 1. The Kier molecular flexibility index (Phi) is 2.79. The van der Waals surface area contributed by atoms with Crippen molar-refractivity contribution in [3.8, 4) is 0 Å². The summed E-state index contributed by atoms with van der Waals surface area (Å²) in [6.45, 7) is 2.44. The maximum Gasteiger partial charge on any atom is 0.375 e. The predicted octanol–water partition coefficient (Wildman–Crippen LogP) is 2.68. The van der Waals surface area contributed by atoms with E-state index in [9.17, 15) is 13.6 Å². The first-order valence-electron chi connectivity index (χ1n) is 4.47. The number of halogens is 2. The molecule has 0 bridgehead atoms. The second-order valence-corrected chi connectivity index (χ2v) is 3.87. The molecular weight excluding hydrogens is 202 g/mol. The smallest absolute Gasteiger partial charge is 0.375 e. The van der Waals surface area contributed by atoms with Crippen molar-refractivity contribution in [2.24, 2.45) is 0 Å². The van der Waals surface area contributed by atoms with E-state index in [1.54, 1.807) is 18.2 Å². The Morgan fingerprint density at radius 2 is 1.67 bits per heavy atom. The Hall–Kier alpha value is -1.45. The summed E-state index contributed by atoms with van der Waals surface area (Å²) in [7, 11) is 0. The van der Waals surface area contributed by atoms with Gasteiger partial charge in [-0.25, -0.2) is 4.79 Å². The molecule has 1 aromatic rings. The van der Waals surface area contributed by atoms with E-state index >= 15 is 0 Å². The lowest BCUT2D eigenvalue weighted by Crippen LogP contribution is -2.46. The van der Waals surface area contributed by atoms with Gasteiger partial charge in [-0.15, -0.1) is 0 Å². The minimum absolute atomic E-state index is 0.303. The maximum absolute atomic E-state index is 13.4. The standard InChI is InChI=1S/C11H12F2O2/c1-10(2,11(12,13)9(14)15)8-6-4-3-5-7-8/h3-7H,1-2H3,(H,14,15). The van der Waals surface area contributed by atoms with E-state index in [-0.39, 0.29) is 0 Å². The minimum atomic E-state index is -3.78. The van der Waals surface area contributed by atoms with Crippen LogP contribution in [0.2, 0.25) is 0 Å². The summed E-state index contributed by atoms with van der Waals surface area (Å²) >= 11 is 0. The number of carboxylic acid groups (broad SMARTS) is 1. The molecule has 0 atom stereocenters. The second-order valence-electron chi connectivity index (χ2n) is 3.87. The van der Waals surface area contributed by atoms with Crippen molar-refractivity contribution < 1.29 is 18.7 Å². The van der Waals surface area contributed by atoms with E-state index in [4.69, 9.17) is 5.11 Å². The molecule has 15 heavy (non-hydrogen) atoms. The van der Waals surface area contributed by atoms with Crippen molar-refractivity contribution >= 4 is 5.97 Å². The molecule has 82 valence electrons. The molecule has 0 unspecified atom stereocenters. The normalized spacial score (nSPS) is 12.5.